The van der Waals surface area contributed by atoms with E-state index in [2.05, 4.69) is 210 Å². The van der Waals surface area contributed by atoms with Gasteiger partial charge in [0, 0.05) is 43.8 Å². The lowest BCUT2D eigenvalue weighted by atomic mass is 9.96. The zero-order chi connectivity index (χ0) is 39.9. The highest BCUT2D eigenvalue weighted by Crippen LogP contribution is 2.31. The summed E-state index contributed by atoms with van der Waals surface area (Å²) in [6.45, 7) is 3.23. The van der Waals surface area contributed by atoms with E-state index in [1.165, 1.54) is 33.6 Å². The van der Waals surface area contributed by atoms with Crippen LogP contribution >= 0.6 is 0 Å². The maximum absolute atomic E-state index is 5.05. The van der Waals surface area contributed by atoms with Gasteiger partial charge in [0.25, 0.3) is 0 Å². The first-order valence-corrected chi connectivity index (χ1v) is 20.3. The number of hydrogen-bond donors (Lipinski definition) is 0. The van der Waals surface area contributed by atoms with Crippen LogP contribution in [0, 0.1) is 0 Å². The number of hydrazone groups is 1. The average Bonchev–Trinajstić information content (AvgIpc) is 3.31. The second-order valence-electron chi connectivity index (χ2n) is 14.6. The minimum atomic E-state index is 0.809. The molecular weight excluding hydrogens is 717 g/mol. The number of nitrogens with zero attached hydrogens (tertiary/aromatic N) is 4. The van der Waals surface area contributed by atoms with Crippen molar-refractivity contribution in [2.75, 3.05) is 14.8 Å². The van der Waals surface area contributed by atoms with Crippen molar-refractivity contribution in [3.63, 3.8) is 0 Å². The van der Waals surface area contributed by atoms with Gasteiger partial charge >= 0.3 is 0 Å². The molecule has 0 atom stereocenters. The largest absolute Gasteiger partial charge is 0.363 e. The molecule has 288 valence electrons. The van der Waals surface area contributed by atoms with Crippen LogP contribution in [0.3, 0.4) is 0 Å². The van der Waals surface area contributed by atoms with Crippen LogP contribution in [0.5, 0.6) is 0 Å². The molecule has 0 fully saturated rings. The molecule has 8 aromatic rings. The molecule has 0 N–H and O–H groups in total. The van der Waals surface area contributed by atoms with E-state index < -0.39 is 0 Å². The fraction of sp³-hybridized carbons (Fsp3) is 0.0727. The second kappa shape index (κ2) is 19.6. The lowest BCUT2D eigenvalue weighted by Gasteiger charge is -2.26. The summed E-state index contributed by atoms with van der Waals surface area (Å²) >= 11 is 0. The van der Waals surface area contributed by atoms with E-state index in [1.807, 2.05) is 47.6 Å². The van der Waals surface area contributed by atoms with E-state index in [0.29, 0.717) is 0 Å². The quantitative estimate of drug-likeness (QED) is 0.0723. The Bertz CT molecular complexity index is 2250. The summed E-state index contributed by atoms with van der Waals surface area (Å²) < 4.78 is 0. The fourth-order valence-electron chi connectivity index (χ4n) is 7.35. The van der Waals surface area contributed by atoms with Crippen molar-refractivity contribution in [1.29, 1.82) is 0 Å². The van der Waals surface area contributed by atoms with Gasteiger partial charge in [0.2, 0.25) is 0 Å². The first-order valence-electron chi connectivity index (χ1n) is 20.3. The number of allylic oxidation sites excluding steroid dienone is 1. The molecule has 0 aliphatic heterocycles. The van der Waals surface area contributed by atoms with Crippen molar-refractivity contribution in [3.05, 3.63) is 270 Å². The first kappa shape index (κ1) is 38.4. The second-order valence-corrected chi connectivity index (χ2v) is 14.6. The maximum atomic E-state index is 5.05. The molecule has 0 bridgehead atoms. The van der Waals surface area contributed by atoms with E-state index in [0.717, 1.165) is 54.3 Å². The Morgan fingerprint density at radius 3 is 0.915 bits per heavy atom. The molecular formula is C55H48N4. The normalized spacial score (nSPS) is 10.9. The van der Waals surface area contributed by atoms with E-state index in [9.17, 15) is 0 Å². The average molecular weight is 765 g/mol. The smallest absolute Gasteiger partial charge is 0.0652 e. The molecule has 59 heavy (non-hydrogen) atoms. The fourth-order valence-corrected chi connectivity index (χ4v) is 7.35. The molecule has 0 spiro atoms. The predicted molar refractivity (Wildman–Crippen MR) is 249 cm³/mol. The maximum Gasteiger partial charge on any atom is 0.0652 e. The van der Waals surface area contributed by atoms with Gasteiger partial charge in [-0.15, -0.1) is 0 Å². The highest BCUT2D eigenvalue weighted by atomic mass is 15.5. The third-order valence-electron chi connectivity index (χ3n) is 10.4. The lowest BCUT2D eigenvalue weighted by Crippen LogP contribution is -2.22. The Balaban J connectivity index is 1.15. The van der Waals surface area contributed by atoms with Crippen molar-refractivity contribution < 1.29 is 0 Å². The van der Waals surface area contributed by atoms with E-state index in [4.69, 9.17) is 5.10 Å². The number of hydrogen-bond acceptors (Lipinski definition) is 4. The van der Waals surface area contributed by atoms with Crippen molar-refractivity contribution in [2.45, 2.75) is 26.2 Å². The van der Waals surface area contributed by atoms with Crippen LogP contribution < -0.4 is 14.8 Å². The topological polar surface area (TPSA) is 22.1 Å². The van der Waals surface area contributed by atoms with Gasteiger partial charge in [0.15, 0.2) is 0 Å². The van der Waals surface area contributed by atoms with E-state index in [-0.39, 0.29) is 0 Å². The molecule has 4 heteroatoms. The molecule has 0 unspecified atom stereocenters. The molecule has 0 heterocycles. The van der Waals surface area contributed by atoms with Gasteiger partial charge in [-0.2, -0.15) is 5.10 Å². The monoisotopic (exact) mass is 764 g/mol. The van der Waals surface area contributed by atoms with E-state index in [1.54, 1.807) is 0 Å². The van der Waals surface area contributed by atoms with Crippen LogP contribution in [0.4, 0.5) is 22.7 Å². The van der Waals surface area contributed by atoms with Gasteiger partial charge in [-0.1, -0.05) is 182 Å². The minimum absolute atomic E-state index is 0.809. The Morgan fingerprint density at radius 2 is 0.610 bits per heavy atom. The van der Waals surface area contributed by atoms with Gasteiger partial charge in [-0.3, -0.25) is 0 Å². The molecule has 0 saturated heterocycles. The highest BCUT2D eigenvalue weighted by Gasteiger charge is 2.14. The van der Waals surface area contributed by atoms with E-state index >= 15 is 0 Å². The van der Waals surface area contributed by atoms with Crippen LogP contribution in [0.25, 0.3) is 5.57 Å². The Kier molecular flexibility index (Phi) is 12.8. The Labute approximate surface area is 349 Å². The van der Waals surface area contributed by atoms with Gasteiger partial charge in [0.05, 0.1) is 11.4 Å². The van der Waals surface area contributed by atoms with Crippen LogP contribution in [-0.4, -0.2) is 6.21 Å². The summed E-state index contributed by atoms with van der Waals surface area (Å²) in [6, 6.07) is 81.4. The number of para-hydroxylation sites is 2. The molecule has 0 amide bonds. The SMILES string of the molecule is C(C=C(c1ccc(N(Cc2ccccc2)Cc2ccccc2)cc1)c1ccc(N(Cc2ccccc2)Cc2ccccc2)cc1)=NN(c1ccccc1)c1ccccc1. The summed E-state index contributed by atoms with van der Waals surface area (Å²) in [5, 5.41) is 7.03. The van der Waals surface area contributed by atoms with Crippen LogP contribution in [0.1, 0.15) is 33.4 Å². The van der Waals surface area contributed by atoms with Crippen LogP contribution in [-0.2, 0) is 26.2 Å². The van der Waals surface area contributed by atoms with Crippen molar-refractivity contribution in [1.82, 2.24) is 0 Å². The van der Waals surface area contributed by atoms with Gasteiger partial charge in [0.1, 0.15) is 0 Å². The zero-order valence-electron chi connectivity index (χ0n) is 33.2. The lowest BCUT2D eigenvalue weighted by molar-refractivity contribution is 0.800. The molecule has 8 aromatic carbocycles. The summed E-state index contributed by atoms with van der Waals surface area (Å²) in [6.07, 6.45) is 4.06. The van der Waals surface area contributed by atoms with Gasteiger partial charge in [-0.05, 0) is 93.6 Å². The highest BCUT2D eigenvalue weighted by molar-refractivity contribution is 5.92. The molecule has 0 radical (unpaired) electrons. The summed E-state index contributed by atoms with van der Waals surface area (Å²) in [5.41, 5.74) is 12.7. The Morgan fingerprint density at radius 1 is 0.322 bits per heavy atom. The summed E-state index contributed by atoms with van der Waals surface area (Å²) in [5.74, 6) is 0. The minimum Gasteiger partial charge on any atom is -0.363 e. The van der Waals surface area contributed by atoms with Gasteiger partial charge in [-0.25, -0.2) is 5.01 Å². The standard InChI is InChI=1S/C55H48N4/c1-7-19-45(20-8-1)41-57(42-46-21-9-2-10-22-46)51-35-31-49(32-36-51)55(39-40-56-59(53-27-15-5-16-28-53)54-29-17-6-18-30-54)50-33-37-52(38-34-50)58(43-47-23-11-3-12-24-47)44-48-25-13-4-14-26-48/h1-40H,41-44H2. The molecule has 0 aliphatic rings. The Hall–Kier alpha value is -7.43. The number of rotatable bonds is 16. The molecule has 8 rings (SSSR count). The molecule has 4 nitrogen and oxygen atoms in total. The van der Waals surface area contributed by atoms with Gasteiger partial charge < -0.3 is 9.80 Å². The van der Waals surface area contributed by atoms with Crippen LogP contribution in [0.2, 0.25) is 0 Å². The van der Waals surface area contributed by atoms with Crippen molar-refractivity contribution in [2.24, 2.45) is 5.10 Å². The first-order chi connectivity index (χ1) is 29.2. The summed E-state index contributed by atoms with van der Waals surface area (Å²) in [4.78, 5) is 4.89. The third-order valence-corrected chi connectivity index (χ3v) is 10.4. The molecule has 0 saturated carbocycles. The molecule has 0 aromatic heterocycles. The molecule has 0 aliphatic carbocycles. The van der Waals surface area contributed by atoms with Crippen molar-refractivity contribution >= 4 is 34.5 Å². The summed E-state index contributed by atoms with van der Waals surface area (Å²) in [7, 11) is 0. The number of anilines is 4. The third kappa shape index (κ3) is 10.5. The zero-order valence-corrected chi connectivity index (χ0v) is 33.2. The van der Waals surface area contributed by atoms with Crippen LogP contribution in [0.15, 0.2) is 242 Å². The predicted octanol–water partition coefficient (Wildman–Crippen LogP) is 13.4. The van der Waals surface area contributed by atoms with Crippen molar-refractivity contribution in [3.8, 4) is 0 Å². The number of benzene rings is 8.